The van der Waals surface area contributed by atoms with Crippen molar-refractivity contribution in [3.05, 3.63) is 60.2 Å². The third-order valence-corrected chi connectivity index (χ3v) is 4.57. The Morgan fingerprint density at radius 1 is 1.08 bits per heavy atom. The van der Waals surface area contributed by atoms with E-state index in [-0.39, 0.29) is 11.7 Å². The van der Waals surface area contributed by atoms with Crippen LogP contribution in [0.15, 0.2) is 59.8 Å². The van der Waals surface area contributed by atoms with Gasteiger partial charge in [0.05, 0.1) is 11.4 Å². The molecule has 0 saturated heterocycles. The lowest BCUT2D eigenvalue weighted by atomic mass is 10.1. The fourth-order valence-corrected chi connectivity index (χ4v) is 3.20. The first-order chi connectivity index (χ1) is 11.7. The molecule has 0 radical (unpaired) electrons. The normalized spacial score (nSPS) is 10.7. The number of hydrogen-bond donors (Lipinski definition) is 1. The Morgan fingerprint density at radius 2 is 1.79 bits per heavy atom. The monoisotopic (exact) mass is 338 g/mol. The first kappa shape index (κ1) is 16.3. The Kier molecular flexibility index (Phi) is 4.96. The van der Waals surface area contributed by atoms with Crippen molar-refractivity contribution in [1.82, 2.24) is 14.8 Å². The van der Waals surface area contributed by atoms with Gasteiger partial charge < -0.3 is 5.73 Å². The summed E-state index contributed by atoms with van der Waals surface area (Å²) in [7, 11) is 0. The maximum atomic E-state index is 11.2. The fourth-order valence-electron chi connectivity index (χ4n) is 2.52. The summed E-state index contributed by atoms with van der Waals surface area (Å²) in [5, 5.41) is 9.30. The van der Waals surface area contributed by atoms with E-state index in [1.807, 2.05) is 53.1 Å². The molecule has 1 aromatic heterocycles. The predicted octanol–water partition coefficient (Wildman–Crippen LogP) is 3.07. The third kappa shape index (κ3) is 3.33. The molecule has 0 fully saturated rings. The zero-order chi connectivity index (χ0) is 16.9. The number of benzene rings is 2. The van der Waals surface area contributed by atoms with Gasteiger partial charge in [0.2, 0.25) is 5.91 Å². The fraction of sp³-hybridized carbons (Fsp3) is 0.167. The van der Waals surface area contributed by atoms with E-state index in [4.69, 9.17) is 5.73 Å². The number of nitrogens with two attached hydrogens (primary N) is 1. The molecule has 0 aliphatic heterocycles. The van der Waals surface area contributed by atoms with Gasteiger partial charge in [-0.25, -0.2) is 0 Å². The van der Waals surface area contributed by atoms with Crippen molar-refractivity contribution < 1.29 is 4.79 Å². The number of thioether (sulfide) groups is 1. The molecular weight excluding hydrogens is 320 g/mol. The van der Waals surface area contributed by atoms with Crippen LogP contribution in [-0.4, -0.2) is 26.4 Å². The maximum Gasteiger partial charge on any atom is 0.227 e. The summed E-state index contributed by atoms with van der Waals surface area (Å²) in [6.45, 7) is 2.11. The number of para-hydroxylation sites is 1. The zero-order valence-electron chi connectivity index (χ0n) is 13.3. The van der Waals surface area contributed by atoms with Crippen LogP contribution in [0.1, 0.15) is 12.5 Å². The Labute approximate surface area is 144 Å². The second kappa shape index (κ2) is 7.31. The van der Waals surface area contributed by atoms with Gasteiger partial charge in [0.25, 0.3) is 0 Å². The van der Waals surface area contributed by atoms with Gasteiger partial charge >= 0.3 is 0 Å². The van der Waals surface area contributed by atoms with E-state index in [1.165, 1.54) is 17.3 Å². The highest BCUT2D eigenvalue weighted by atomic mass is 32.2. The van der Waals surface area contributed by atoms with E-state index in [0.717, 1.165) is 23.5 Å². The van der Waals surface area contributed by atoms with Gasteiger partial charge in [0.15, 0.2) is 11.0 Å². The maximum absolute atomic E-state index is 11.2. The highest BCUT2D eigenvalue weighted by Gasteiger charge is 2.18. The number of aromatic nitrogens is 3. The molecule has 5 nitrogen and oxygen atoms in total. The topological polar surface area (TPSA) is 73.8 Å². The average molecular weight is 338 g/mol. The van der Waals surface area contributed by atoms with Gasteiger partial charge in [-0.1, -0.05) is 67.2 Å². The van der Waals surface area contributed by atoms with Crippen molar-refractivity contribution in [2.24, 2.45) is 5.73 Å². The van der Waals surface area contributed by atoms with Crippen molar-refractivity contribution >= 4 is 17.7 Å². The predicted molar refractivity (Wildman–Crippen MR) is 96.1 cm³/mol. The average Bonchev–Trinajstić information content (AvgIpc) is 3.04. The molecule has 3 rings (SSSR count). The van der Waals surface area contributed by atoms with Crippen LogP contribution in [0.5, 0.6) is 0 Å². The highest BCUT2D eigenvalue weighted by Crippen LogP contribution is 2.29. The summed E-state index contributed by atoms with van der Waals surface area (Å²) in [6.07, 6.45) is 0.891. The van der Waals surface area contributed by atoms with Crippen LogP contribution in [0, 0.1) is 0 Å². The quantitative estimate of drug-likeness (QED) is 0.701. The van der Waals surface area contributed by atoms with Crippen molar-refractivity contribution in [2.45, 2.75) is 18.5 Å². The van der Waals surface area contributed by atoms with E-state index in [2.05, 4.69) is 23.2 Å². The summed E-state index contributed by atoms with van der Waals surface area (Å²) >= 11 is 1.30. The lowest BCUT2D eigenvalue weighted by molar-refractivity contribution is -0.115. The van der Waals surface area contributed by atoms with Gasteiger partial charge in [-0.3, -0.25) is 9.36 Å². The second-order valence-electron chi connectivity index (χ2n) is 5.24. The van der Waals surface area contributed by atoms with E-state index in [1.54, 1.807) is 0 Å². The summed E-state index contributed by atoms with van der Waals surface area (Å²) in [4.78, 5) is 11.2. The summed E-state index contributed by atoms with van der Waals surface area (Å²) in [6, 6.07) is 18.0. The third-order valence-electron chi connectivity index (χ3n) is 3.62. The van der Waals surface area contributed by atoms with Gasteiger partial charge in [0, 0.05) is 5.56 Å². The molecule has 2 aromatic carbocycles. The molecule has 0 aliphatic rings. The van der Waals surface area contributed by atoms with Crippen molar-refractivity contribution in [1.29, 1.82) is 0 Å². The van der Waals surface area contributed by atoms with E-state index in [0.29, 0.717) is 5.16 Å². The van der Waals surface area contributed by atoms with E-state index < -0.39 is 0 Å². The minimum atomic E-state index is -0.375. The van der Waals surface area contributed by atoms with Gasteiger partial charge in [-0.2, -0.15) is 0 Å². The molecule has 24 heavy (non-hydrogen) atoms. The first-order valence-electron chi connectivity index (χ1n) is 7.71. The molecule has 0 unspecified atom stereocenters. The number of primary amides is 1. The van der Waals surface area contributed by atoms with E-state index in [9.17, 15) is 4.79 Å². The lowest BCUT2D eigenvalue weighted by Crippen LogP contribution is -2.14. The summed E-state index contributed by atoms with van der Waals surface area (Å²) in [5.41, 5.74) is 8.47. The number of amides is 1. The minimum Gasteiger partial charge on any atom is -0.369 e. The number of carbonyl (C=O) groups excluding carboxylic acids is 1. The van der Waals surface area contributed by atoms with Crippen LogP contribution in [-0.2, 0) is 11.2 Å². The molecule has 1 heterocycles. The smallest absolute Gasteiger partial charge is 0.227 e. The molecular formula is C18H18N4OS. The number of aryl methyl sites for hydroxylation is 1. The molecule has 0 aliphatic carbocycles. The van der Waals surface area contributed by atoms with Crippen LogP contribution in [0.25, 0.3) is 17.1 Å². The zero-order valence-corrected chi connectivity index (χ0v) is 14.2. The van der Waals surface area contributed by atoms with Gasteiger partial charge in [-0.05, 0) is 18.1 Å². The Balaban J connectivity index is 2.16. The van der Waals surface area contributed by atoms with Crippen molar-refractivity contribution in [3.63, 3.8) is 0 Å². The van der Waals surface area contributed by atoms with Crippen LogP contribution >= 0.6 is 11.8 Å². The molecule has 1 amide bonds. The molecule has 2 N–H and O–H groups in total. The van der Waals surface area contributed by atoms with Crippen molar-refractivity contribution in [2.75, 3.05) is 5.75 Å². The molecule has 0 atom stereocenters. The standard InChI is InChI=1S/C18H18N4OS/c1-2-13-8-6-7-11-15(13)22-17(14-9-4-3-5-10-14)20-21-18(22)24-12-16(19)23/h3-11H,2,12H2,1H3,(H2,19,23). The highest BCUT2D eigenvalue weighted by molar-refractivity contribution is 7.99. The molecule has 0 bridgehead atoms. The Morgan fingerprint density at radius 3 is 2.50 bits per heavy atom. The second-order valence-corrected chi connectivity index (χ2v) is 6.19. The largest absolute Gasteiger partial charge is 0.369 e. The SMILES string of the molecule is CCc1ccccc1-n1c(SCC(N)=O)nnc1-c1ccccc1. The Bertz CT molecular complexity index is 845. The first-order valence-corrected chi connectivity index (χ1v) is 8.69. The van der Waals surface area contributed by atoms with Gasteiger partial charge in [0.1, 0.15) is 0 Å². The van der Waals surface area contributed by atoms with Crippen LogP contribution in [0.3, 0.4) is 0 Å². The summed E-state index contributed by atoms with van der Waals surface area (Å²) in [5.74, 6) is 0.546. The molecule has 122 valence electrons. The Hall–Kier alpha value is -2.60. The van der Waals surface area contributed by atoms with E-state index >= 15 is 0 Å². The van der Waals surface area contributed by atoms with Crippen LogP contribution < -0.4 is 5.73 Å². The molecule has 0 saturated carbocycles. The molecule has 6 heteroatoms. The van der Waals surface area contributed by atoms with Crippen molar-refractivity contribution in [3.8, 4) is 17.1 Å². The molecule has 0 spiro atoms. The van der Waals surface area contributed by atoms with Gasteiger partial charge in [-0.15, -0.1) is 10.2 Å². The number of nitrogens with zero attached hydrogens (tertiary/aromatic N) is 3. The number of rotatable bonds is 6. The van der Waals surface area contributed by atoms with Crippen LogP contribution in [0.2, 0.25) is 0 Å². The summed E-state index contributed by atoms with van der Waals surface area (Å²) < 4.78 is 2.00. The number of hydrogen-bond acceptors (Lipinski definition) is 4. The number of carbonyl (C=O) groups is 1. The lowest BCUT2D eigenvalue weighted by Gasteiger charge is -2.13. The molecule has 3 aromatic rings. The minimum absolute atomic E-state index is 0.168. The van der Waals surface area contributed by atoms with Crippen LogP contribution in [0.4, 0.5) is 0 Å².